The van der Waals surface area contributed by atoms with Crippen molar-refractivity contribution < 1.29 is 13.2 Å². The van der Waals surface area contributed by atoms with Gasteiger partial charge in [0.2, 0.25) is 15.9 Å². The molecule has 1 heterocycles. The van der Waals surface area contributed by atoms with Crippen molar-refractivity contribution in [2.24, 2.45) is 5.92 Å². The first-order valence-corrected chi connectivity index (χ1v) is 12.0. The van der Waals surface area contributed by atoms with Crippen LogP contribution in [0.3, 0.4) is 0 Å². The minimum atomic E-state index is -3.45. The predicted molar refractivity (Wildman–Crippen MR) is 112 cm³/mol. The van der Waals surface area contributed by atoms with Gasteiger partial charge in [-0.25, -0.2) is 8.42 Å². The number of nitrogens with zero attached hydrogens (tertiary/aromatic N) is 2. The highest BCUT2D eigenvalue weighted by atomic mass is 32.2. The van der Waals surface area contributed by atoms with Crippen LogP contribution in [0.25, 0.3) is 6.08 Å². The molecule has 28 heavy (non-hydrogen) atoms. The maximum absolute atomic E-state index is 12.8. The summed E-state index contributed by atoms with van der Waals surface area (Å²) < 4.78 is 26.6. The molecule has 1 aromatic carbocycles. The van der Waals surface area contributed by atoms with Crippen LogP contribution < -0.4 is 0 Å². The third-order valence-electron chi connectivity index (χ3n) is 6.17. The molecule has 1 saturated heterocycles. The second-order valence-electron chi connectivity index (χ2n) is 7.78. The van der Waals surface area contributed by atoms with Crippen molar-refractivity contribution in [2.45, 2.75) is 63.3 Å². The van der Waals surface area contributed by atoms with E-state index in [1.165, 1.54) is 30.0 Å². The van der Waals surface area contributed by atoms with Crippen molar-refractivity contribution >= 4 is 22.0 Å². The number of benzene rings is 1. The molecule has 6 heteroatoms. The molecular formula is C22H32N2O3S. The van der Waals surface area contributed by atoms with E-state index in [1.807, 2.05) is 13.8 Å². The van der Waals surface area contributed by atoms with Crippen LogP contribution in [-0.4, -0.2) is 49.2 Å². The number of amides is 1. The highest BCUT2D eigenvalue weighted by Crippen LogP contribution is 2.35. The highest BCUT2D eigenvalue weighted by Gasteiger charge is 2.34. The van der Waals surface area contributed by atoms with Gasteiger partial charge in [0.15, 0.2) is 0 Å². The van der Waals surface area contributed by atoms with E-state index in [1.54, 1.807) is 36.4 Å². The van der Waals surface area contributed by atoms with Crippen molar-refractivity contribution in [2.75, 3.05) is 19.6 Å². The third kappa shape index (κ3) is 4.49. The molecule has 1 aliphatic heterocycles. The average Bonchev–Trinajstić information content (AvgIpc) is 2.72. The number of piperidine rings is 1. The molecule has 0 radical (unpaired) electrons. The van der Waals surface area contributed by atoms with Crippen LogP contribution in [0.2, 0.25) is 0 Å². The quantitative estimate of drug-likeness (QED) is 0.676. The normalized spacial score (nSPS) is 23.2. The summed E-state index contributed by atoms with van der Waals surface area (Å²) in [5.74, 6) is 0.751. The monoisotopic (exact) mass is 404 g/mol. The Kier molecular flexibility index (Phi) is 6.94. The highest BCUT2D eigenvalue weighted by molar-refractivity contribution is 7.89. The van der Waals surface area contributed by atoms with Crippen molar-refractivity contribution in [3.05, 3.63) is 35.9 Å². The molecule has 0 spiro atoms. The predicted octanol–water partition coefficient (Wildman–Crippen LogP) is 3.91. The van der Waals surface area contributed by atoms with Crippen LogP contribution in [0.5, 0.6) is 0 Å². The second-order valence-corrected chi connectivity index (χ2v) is 9.72. The molecule has 5 nitrogen and oxygen atoms in total. The Labute approximate surface area is 169 Å². The largest absolute Gasteiger partial charge is 0.336 e. The zero-order chi connectivity index (χ0) is 20.1. The molecule has 154 valence electrons. The topological polar surface area (TPSA) is 57.7 Å². The smallest absolute Gasteiger partial charge is 0.246 e. The first-order valence-electron chi connectivity index (χ1n) is 10.6. The first-order chi connectivity index (χ1) is 13.5. The molecule has 1 amide bonds. The molecule has 1 saturated carbocycles. The molecule has 0 bridgehead atoms. The minimum Gasteiger partial charge on any atom is -0.336 e. The van der Waals surface area contributed by atoms with E-state index in [9.17, 15) is 13.2 Å². The van der Waals surface area contributed by atoms with Gasteiger partial charge in [-0.1, -0.05) is 38.8 Å². The number of likely N-dealkylation sites (tertiary alicyclic amines) is 1. The van der Waals surface area contributed by atoms with E-state index in [-0.39, 0.29) is 5.91 Å². The lowest BCUT2D eigenvalue weighted by molar-refractivity contribution is -0.132. The molecule has 0 aromatic heterocycles. The van der Waals surface area contributed by atoms with Crippen molar-refractivity contribution in [1.82, 2.24) is 9.21 Å². The Morgan fingerprint density at radius 3 is 2.39 bits per heavy atom. The number of hydrogen-bond acceptors (Lipinski definition) is 3. The van der Waals surface area contributed by atoms with Crippen LogP contribution in [-0.2, 0) is 14.8 Å². The number of sulfonamides is 1. The summed E-state index contributed by atoms with van der Waals surface area (Å²) in [6.07, 6.45) is 10.7. The summed E-state index contributed by atoms with van der Waals surface area (Å²) >= 11 is 0. The number of carbonyl (C=O) groups excluding carboxylic acids is 1. The van der Waals surface area contributed by atoms with Crippen molar-refractivity contribution in [1.29, 1.82) is 0 Å². The molecular weight excluding hydrogens is 372 g/mol. The lowest BCUT2D eigenvalue weighted by Crippen LogP contribution is -2.49. The van der Waals surface area contributed by atoms with Gasteiger partial charge in [-0.3, -0.25) is 4.79 Å². The van der Waals surface area contributed by atoms with Gasteiger partial charge in [0, 0.05) is 31.8 Å². The van der Waals surface area contributed by atoms with Crippen LogP contribution >= 0.6 is 0 Å². The molecule has 0 N–H and O–H groups in total. The van der Waals surface area contributed by atoms with Gasteiger partial charge in [0.1, 0.15) is 0 Å². The van der Waals surface area contributed by atoms with Gasteiger partial charge in [0.25, 0.3) is 0 Å². The number of carbonyl (C=O) groups is 1. The summed E-state index contributed by atoms with van der Waals surface area (Å²) in [6, 6.07) is 7.17. The summed E-state index contributed by atoms with van der Waals surface area (Å²) in [7, 11) is -3.45. The zero-order valence-electron chi connectivity index (χ0n) is 17.0. The SMILES string of the molecule is CCN(CC)S(=O)(=O)c1ccc(/C=C/C(=O)N2CCCC3CCCCC32)cc1. The Bertz CT molecular complexity index is 796. The van der Waals surface area contributed by atoms with Crippen LogP contribution in [0.4, 0.5) is 0 Å². The lowest BCUT2D eigenvalue weighted by atomic mass is 9.78. The number of hydrogen-bond donors (Lipinski definition) is 0. The molecule has 2 fully saturated rings. The maximum atomic E-state index is 12.8. The Morgan fingerprint density at radius 2 is 1.71 bits per heavy atom. The summed E-state index contributed by atoms with van der Waals surface area (Å²) in [4.78, 5) is 15.1. The van der Waals surface area contributed by atoms with E-state index >= 15 is 0 Å². The third-order valence-corrected chi connectivity index (χ3v) is 8.23. The van der Waals surface area contributed by atoms with Crippen LogP contribution in [0.1, 0.15) is 57.9 Å². The zero-order valence-corrected chi connectivity index (χ0v) is 17.8. The fraction of sp³-hybridized carbons (Fsp3) is 0.591. The van der Waals surface area contributed by atoms with Crippen LogP contribution in [0.15, 0.2) is 35.2 Å². The van der Waals surface area contributed by atoms with E-state index in [4.69, 9.17) is 0 Å². The van der Waals surface area contributed by atoms with Gasteiger partial charge < -0.3 is 4.90 Å². The standard InChI is InChI=1S/C22H32N2O3S/c1-3-23(4-2)28(26,27)20-14-11-18(12-15-20)13-16-22(25)24-17-7-9-19-8-5-6-10-21(19)24/h11-16,19,21H,3-10,17H2,1-2H3/b16-13+. The van der Waals surface area contributed by atoms with E-state index in [0.717, 1.165) is 24.9 Å². The minimum absolute atomic E-state index is 0.0800. The molecule has 2 atom stereocenters. The second kappa shape index (κ2) is 9.23. The number of fused-ring (bicyclic) bond motifs is 1. The Balaban J connectivity index is 1.68. The van der Waals surface area contributed by atoms with E-state index in [0.29, 0.717) is 29.9 Å². The fourth-order valence-corrected chi connectivity index (χ4v) is 6.08. The lowest BCUT2D eigenvalue weighted by Gasteiger charge is -2.43. The average molecular weight is 405 g/mol. The Hall–Kier alpha value is -1.66. The maximum Gasteiger partial charge on any atom is 0.246 e. The van der Waals surface area contributed by atoms with Gasteiger partial charge in [0.05, 0.1) is 4.90 Å². The molecule has 2 unspecified atom stereocenters. The van der Waals surface area contributed by atoms with E-state index in [2.05, 4.69) is 4.90 Å². The molecule has 1 aromatic rings. The number of rotatable bonds is 6. The van der Waals surface area contributed by atoms with Gasteiger partial charge in [-0.05, 0) is 55.4 Å². The summed E-state index contributed by atoms with van der Waals surface area (Å²) in [6.45, 7) is 5.42. The molecule has 3 rings (SSSR count). The first kappa shape index (κ1) is 21.1. The van der Waals surface area contributed by atoms with Gasteiger partial charge >= 0.3 is 0 Å². The summed E-state index contributed by atoms with van der Waals surface area (Å²) in [5, 5.41) is 0. The van der Waals surface area contributed by atoms with Crippen molar-refractivity contribution in [3.8, 4) is 0 Å². The van der Waals surface area contributed by atoms with E-state index < -0.39 is 10.0 Å². The van der Waals surface area contributed by atoms with Crippen LogP contribution in [0, 0.1) is 5.92 Å². The fourth-order valence-electron chi connectivity index (χ4n) is 4.63. The summed E-state index contributed by atoms with van der Waals surface area (Å²) in [5.41, 5.74) is 0.837. The van der Waals surface area contributed by atoms with Gasteiger partial charge in [-0.15, -0.1) is 0 Å². The Morgan fingerprint density at radius 1 is 1.07 bits per heavy atom. The molecule has 1 aliphatic carbocycles. The molecule has 2 aliphatic rings. The van der Waals surface area contributed by atoms with Crippen molar-refractivity contribution in [3.63, 3.8) is 0 Å². The van der Waals surface area contributed by atoms with Gasteiger partial charge in [-0.2, -0.15) is 4.31 Å².